The van der Waals surface area contributed by atoms with Crippen LogP contribution in [-0.4, -0.2) is 0 Å². The third kappa shape index (κ3) is 1.74. The van der Waals surface area contributed by atoms with E-state index in [-0.39, 0.29) is 0 Å². The number of fused-ring (bicyclic) bond motifs is 6. The monoisotopic (exact) mass is 320 g/mol. The summed E-state index contributed by atoms with van der Waals surface area (Å²) in [6, 6.07) is 11.7. The van der Waals surface area contributed by atoms with Crippen LogP contribution in [0, 0.1) is 6.92 Å². The van der Waals surface area contributed by atoms with E-state index < -0.39 is 0 Å². The van der Waals surface area contributed by atoms with Gasteiger partial charge in [0.15, 0.2) is 0 Å². The van der Waals surface area contributed by atoms with Crippen LogP contribution in [0.2, 0.25) is 0 Å². The van der Waals surface area contributed by atoms with Gasteiger partial charge in [0.1, 0.15) is 0 Å². The molecule has 0 atom stereocenters. The number of hydrogen-bond acceptors (Lipinski definition) is 2. The van der Waals surface area contributed by atoms with Gasteiger partial charge in [0.05, 0.1) is 0 Å². The lowest BCUT2D eigenvalue weighted by Gasteiger charge is -2.09. The van der Waals surface area contributed by atoms with Gasteiger partial charge in [0.25, 0.3) is 0 Å². The van der Waals surface area contributed by atoms with Gasteiger partial charge in [-0.25, -0.2) is 0 Å². The van der Waals surface area contributed by atoms with Gasteiger partial charge in [0, 0.05) is 29.7 Å². The highest BCUT2D eigenvalue weighted by molar-refractivity contribution is 7.26. The minimum atomic E-state index is 1.20. The average molecular weight is 320 g/mol. The molecule has 0 bridgehead atoms. The molecule has 0 amide bonds. The fourth-order valence-corrected chi connectivity index (χ4v) is 6.14. The largest absolute Gasteiger partial charge is 0.135 e. The minimum absolute atomic E-state index is 1.20. The summed E-state index contributed by atoms with van der Waals surface area (Å²) >= 11 is 3.89. The van der Waals surface area contributed by atoms with Crippen molar-refractivity contribution in [3.8, 4) is 0 Å². The average Bonchev–Trinajstić information content (AvgIpc) is 3.00. The maximum absolute atomic E-state index is 2.45. The summed E-state index contributed by atoms with van der Waals surface area (Å²) in [5.41, 5.74) is 4.43. The normalized spacial score (nSPS) is 14.7. The van der Waals surface area contributed by atoms with Crippen LogP contribution in [0.3, 0.4) is 0 Å². The number of benzene rings is 2. The molecule has 0 saturated heterocycles. The molecule has 0 N–H and O–H groups in total. The molecule has 0 saturated carbocycles. The van der Waals surface area contributed by atoms with E-state index >= 15 is 0 Å². The molecule has 0 radical (unpaired) electrons. The van der Waals surface area contributed by atoms with E-state index in [4.69, 9.17) is 0 Å². The Labute approximate surface area is 137 Å². The summed E-state index contributed by atoms with van der Waals surface area (Å²) < 4.78 is 4.29. The summed E-state index contributed by atoms with van der Waals surface area (Å²) in [5, 5.41) is 4.32. The standard InChI is InChI=1S/C20H16S2/c1-11-3-5-13-15-9-16-14-6-4-12(2)8-18(14)22-20(16)10-19(15)21-17(13)7-11/h3,5,7-10H,4,6H2,1-2H3. The van der Waals surface area contributed by atoms with Gasteiger partial charge in [-0.3, -0.25) is 0 Å². The highest BCUT2D eigenvalue weighted by Gasteiger charge is 2.16. The van der Waals surface area contributed by atoms with Crippen molar-refractivity contribution in [1.29, 1.82) is 0 Å². The lowest BCUT2D eigenvalue weighted by atomic mass is 9.96. The molecule has 22 heavy (non-hydrogen) atoms. The van der Waals surface area contributed by atoms with Gasteiger partial charge >= 0.3 is 0 Å². The van der Waals surface area contributed by atoms with Crippen molar-refractivity contribution in [2.45, 2.75) is 26.7 Å². The molecular formula is C20H16S2. The SMILES string of the molecule is CC1=Cc2sc3cc4sc5cc(C)ccc5c4cc3c2CC1. The Balaban J connectivity index is 1.90. The second kappa shape index (κ2) is 4.43. The van der Waals surface area contributed by atoms with Crippen molar-refractivity contribution in [2.75, 3.05) is 0 Å². The van der Waals surface area contributed by atoms with E-state index in [0.29, 0.717) is 0 Å². The van der Waals surface area contributed by atoms with Gasteiger partial charge < -0.3 is 0 Å². The van der Waals surface area contributed by atoms with E-state index in [1.807, 2.05) is 22.7 Å². The van der Waals surface area contributed by atoms with Crippen molar-refractivity contribution in [3.63, 3.8) is 0 Å². The Morgan fingerprint density at radius 2 is 1.59 bits per heavy atom. The maximum atomic E-state index is 2.45. The van der Waals surface area contributed by atoms with Crippen molar-refractivity contribution in [3.05, 3.63) is 51.9 Å². The maximum Gasteiger partial charge on any atom is 0.0369 e. The van der Waals surface area contributed by atoms with Crippen LogP contribution in [0.5, 0.6) is 0 Å². The van der Waals surface area contributed by atoms with Crippen LogP contribution in [0.4, 0.5) is 0 Å². The predicted molar refractivity (Wildman–Crippen MR) is 101 cm³/mol. The molecule has 2 heterocycles. The summed E-state index contributed by atoms with van der Waals surface area (Å²) in [6.45, 7) is 4.43. The summed E-state index contributed by atoms with van der Waals surface area (Å²) in [6.07, 6.45) is 4.80. The van der Waals surface area contributed by atoms with Gasteiger partial charge in [-0.2, -0.15) is 0 Å². The first-order valence-electron chi connectivity index (χ1n) is 7.74. The summed E-state index contributed by atoms with van der Waals surface area (Å²) in [5.74, 6) is 0. The zero-order valence-electron chi connectivity index (χ0n) is 12.7. The molecule has 1 aliphatic carbocycles. The molecule has 108 valence electrons. The Bertz CT molecular complexity index is 1090. The highest BCUT2D eigenvalue weighted by Crippen LogP contribution is 2.43. The van der Waals surface area contributed by atoms with Gasteiger partial charge in [-0.1, -0.05) is 17.7 Å². The fraction of sp³-hybridized carbons (Fsp3) is 0.200. The van der Waals surface area contributed by atoms with E-state index in [1.165, 1.54) is 59.1 Å². The fourth-order valence-electron chi connectivity index (χ4n) is 3.54. The second-order valence-electron chi connectivity index (χ2n) is 6.38. The lowest BCUT2D eigenvalue weighted by Crippen LogP contribution is -1.93. The zero-order valence-corrected chi connectivity index (χ0v) is 14.3. The number of hydrogen-bond donors (Lipinski definition) is 0. The molecule has 4 aromatic rings. The van der Waals surface area contributed by atoms with Crippen molar-refractivity contribution in [1.82, 2.24) is 0 Å². The van der Waals surface area contributed by atoms with Crippen LogP contribution in [0.15, 0.2) is 35.9 Å². The van der Waals surface area contributed by atoms with Crippen LogP contribution < -0.4 is 0 Å². The van der Waals surface area contributed by atoms with Crippen molar-refractivity contribution >= 4 is 59.0 Å². The number of allylic oxidation sites excluding steroid dienone is 1. The Morgan fingerprint density at radius 3 is 2.50 bits per heavy atom. The van der Waals surface area contributed by atoms with Crippen LogP contribution in [0.1, 0.15) is 29.3 Å². The smallest absolute Gasteiger partial charge is 0.0369 e. The molecule has 2 aromatic heterocycles. The summed E-state index contributed by atoms with van der Waals surface area (Å²) in [4.78, 5) is 1.48. The molecule has 0 nitrogen and oxygen atoms in total. The lowest BCUT2D eigenvalue weighted by molar-refractivity contribution is 0.943. The van der Waals surface area contributed by atoms with Crippen molar-refractivity contribution < 1.29 is 0 Å². The van der Waals surface area contributed by atoms with Gasteiger partial charge in [-0.05, 0) is 67.5 Å². The number of rotatable bonds is 0. The molecule has 0 aliphatic heterocycles. The Hall–Kier alpha value is -1.64. The molecular weight excluding hydrogens is 304 g/mol. The van der Waals surface area contributed by atoms with Crippen LogP contribution in [-0.2, 0) is 6.42 Å². The summed E-state index contributed by atoms with van der Waals surface area (Å²) in [7, 11) is 0. The third-order valence-corrected chi connectivity index (χ3v) is 6.98. The third-order valence-electron chi connectivity index (χ3n) is 4.72. The van der Waals surface area contributed by atoms with E-state index in [9.17, 15) is 0 Å². The zero-order chi connectivity index (χ0) is 14.8. The van der Waals surface area contributed by atoms with E-state index in [2.05, 4.69) is 50.3 Å². The molecule has 2 aromatic carbocycles. The van der Waals surface area contributed by atoms with Gasteiger partial charge in [-0.15, -0.1) is 22.7 Å². The molecule has 0 spiro atoms. The Kier molecular flexibility index (Phi) is 2.59. The molecule has 0 unspecified atom stereocenters. The second-order valence-corrected chi connectivity index (χ2v) is 8.55. The molecule has 2 heteroatoms. The van der Waals surface area contributed by atoms with E-state index in [0.717, 1.165) is 0 Å². The van der Waals surface area contributed by atoms with Crippen LogP contribution in [0.25, 0.3) is 36.3 Å². The van der Waals surface area contributed by atoms with E-state index in [1.54, 1.807) is 5.56 Å². The highest BCUT2D eigenvalue weighted by atomic mass is 32.1. The topological polar surface area (TPSA) is 0 Å². The molecule has 1 aliphatic rings. The Morgan fingerprint density at radius 1 is 0.773 bits per heavy atom. The number of aryl methyl sites for hydroxylation is 2. The first-order valence-corrected chi connectivity index (χ1v) is 9.38. The first kappa shape index (κ1) is 12.9. The first-order chi connectivity index (χ1) is 10.7. The molecule has 5 rings (SSSR count). The quantitative estimate of drug-likeness (QED) is 0.329. The van der Waals surface area contributed by atoms with Crippen LogP contribution >= 0.6 is 22.7 Å². The molecule has 0 fully saturated rings. The number of thiophene rings is 2. The van der Waals surface area contributed by atoms with Crippen molar-refractivity contribution in [2.24, 2.45) is 0 Å². The predicted octanol–water partition coefficient (Wildman–Crippen LogP) is 6.93. The van der Waals surface area contributed by atoms with Gasteiger partial charge in [0.2, 0.25) is 0 Å². The minimum Gasteiger partial charge on any atom is -0.135 e.